The van der Waals surface area contributed by atoms with Crippen LogP contribution in [0.3, 0.4) is 0 Å². The van der Waals surface area contributed by atoms with Crippen molar-refractivity contribution in [3.63, 3.8) is 0 Å². The number of nitrogens with zero attached hydrogens (tertiary/aromatic N) is 2. The Hall–Kier alpha value is -3.69. The fourth-order valence-electron chi connectivity index (χ4n) is 4.18. The Balaban J connectivity index is 1.16. The molecular weight excluding hydrogens is 436 g/mol. The summed E-state index contributed by atoms with van der Waals surface area (Å²) in [6.45, 7) is 0.737. The molecule has 9 heteroatoms. The first-order valence-electron chi connectivity index (χ1n) is 11.1. The van der Waals surface area contributed by atoms with Crippen LogP contribution in [-0.4, -0.2) is 67.1 Å². The van der Waals surface area contributed by atoms with E-state index in [1.807, 2.05) is 60.7 Å². The lowest BCUT2D eigenvalue weighted by Gasteiger charge is -2.18. The first-order valence-corrected chi connectivity index (χ1v) is 11.1. The maximum absolute atomic E-state index is 12.4. The molecule has 0 radical (unpaired) electrons. The number of ether oxygens (including phenoxy) is 4. The van der Waals surface area contributed by atoms with Gasteiger partial charge in [0.2, 0.25) is 5.95 Å². The maximum Gasteiger partial charge on any atom is 0.258 e. The largest absolute Gasteiger partial charge is 0.497 e. The number of anilines is 1. The van der Waals surface area contributed by atoms with E-state index < -0.39 is 0 Å². The van der Waals surface area contributed by atoms with E-state index in [4.69, 9.17) is 18.9 Å². The molecule has 2 aliphatic heterocycles. The minimum atomic E-state index is -0.247. The lowest BCUT2D eigenvalue weighted by atomic mass is 10.1. The van der Waals surface area contributed by atoms with Crippen LogP contribution in [0.5, 0.6) is 11.5 Å². The Kier molecular flexibility index (Phi) is 6.55. The third-order valence-electron chi connectivity index (χ3n) is 5.87. The standard InChI is InChI=1S/C25H26N4O5/c1-31-17-9-7-16(8-10-17)19-11-12-26-25(28-19)29-21-14-34-23-20(13-33-24(21)23)27-22(30)15-32-18-5-3-2-4-6-18/h2-12,20-21,23-24H,13-15H2,1H3,(H,27,30)(H,26,28,29)/t20-,21-,23+,24+/m0/s1. The fraction of sp³-hybridized carbons (Fsp3) is 0.320. The molecule has 0 aliphatic carbocycles. The number of aromatic nitrogens is 2. The van der Waals surface area contributed by atoms with Crippen molar-refractivity contribution in [2.45, 2.75) is 24.3 Å². The number of methoxy groups -OCH3 is 1. The summed E-state index contributed by atoms with van der Waals surface area (Å²) in [5, 5.41) is 6.29. The number of benzene rings is 2. The topological polar surface area (TPSA) is 104 Å². The fourth-order valence-corrected chi connectivity index (χ4v) is 4.18. The minimum Gasteiger partial charge on any atom is -0.497 e. The second kappa shape index (κ2) is 10.1. The van der Waals surface area contributed by atoms with Crippen LogP contribution in [0.25, 0.3) is 11.3 Å². The van der Waals surface area contributed by atoms with Crippen molar-refractivity contribution in [1.29, 1.82) is 0 Å². The Morgan fingerprint density at radius 2 is 1.71 bits per heavy atom. The minimum absolute atomic E-state index is 0.0639. The van der Waals surface area contributed by atoms with Crippen molar-refractivity contribution in [1.82, 2.24) is 15.3 Å². The molecule has 1 amide bonds. The van der Waals surface area contributed by atoms with E-state index >= 15 is 0 Å². The second-order valence-electron chi connectivity index (χ2n) is 8.12. The molecule has 5 rings (SSSR count). The lowest BCUT2D eigenvalue weighted by molar-refractivity contribution is -0.124. The number of para-hydroxylation sites is 1. The Bertz CT molecular complexity index is 1110. The van der Waals surface area contributed by atoms with Crippen molar-refractivity contribution >= 4 is 11.9 Å². The molecule has 0 spiro atoms. The number of hydrogen-bond donors (Lipinski definition) is 2. The Morgan fingerprint density at radius 3 is 2.47 bits per heavy atom. The Morgan fingerprint density at radius 1 is 0.971 bits per heavy atom. The molecule has 2 aliphatic rings. The summed E-state index contributed by atoms with van der Waals surface area (Å²) in [5.41, 5.74) is 1.76. The van der Waals surface area contributed by atoms with Crippen LogP contribution in [0.2, 0.25) is 0 Å². The monoisotopic (exact) mass is 462 g/mol. The molecule has 0 bridgehead atoms. The summed E-state index contributed by atoms with van der Waals surface area (Å²) in [6.07, 6.45) is 1.25. The molecule has 4 atom stereocenters. The predicted molar refractivity (Wildman–Crippen MR) is 125 cm³/mol. The molecule has 9 nitrogen and oxygen atoms in total. The van der Waals surface area contributed by atoms with Gasteiger partial charge in [0.05, 0.1) is 38.1 Å². The first kappa shape index (κ1) is 22.1. The van der Waals surface area contributed by atoms with E-state index in [2.05, 4.69) is 20.6 Å². The van der Waals surface area contributed by atoms with Gasteiger partial charge in [0.25, 0.3) is 5.91 Å². The number of carbonyl (C=O) groups is 1. The number of carbonyl (C=O) groups excluding carboxylic acids is 1. The van der Waals surface area contributed by atoms with E-state index in [0.29, 0.717) is 24.9 Å². The van der Waals surface area contributed by atoms with Crippen molar-refractivity contribution in [3.05, 3.63) is 66.9 Å². The van der Waals surface area contributed by atoms with Crippen molar-refractivity contribution in [3.8, 4) is 22.8 Å². The van der Waals surface area contributed by atoms with Gasteiger partial charge < -0.3 is 29.6 Å². The van der Waals surface area contributed by atoms with Crippen molar-refractivity contribution < 1.29 is 23.7 Å². The van der Waals surface area contributed by atoms with Crippen LogP contribution in [0, 0.1) is 0 Å². The lowest BCUT2D eigenvalue weighted by Crippen LogP contribution is -2.46. The number of amides is 1. The van der Waals surface area contributed by atoms with Gasteiger partial charge in [-0.3, -0.25) is 4.79 Å². The molecule has 0 saturated carbocycles. The van der Waals surface area contributed by atoms with Crippen molar-refractivity contribution in [2.75, 3.05) is 32.2 Å². The molecular formula is C25H26N4O5. The van der Waals surface area contributed by atoms with Gasteiger partial charge in [-0.25, -0.2) is 9.97 Å². The molecule has 176 valence electrons. The third-order valence-corrected chi connectivity index (χ3v) is 5.87. The Labute approximate surface area is 197 Å². The van der Waals surface area contributed by atoms with E-state index in [1.165, 1.54) is 0 Å². The zero-order chi connectivity index (χ0) is 23.3. The maximum atomic E-state index is 12.4. The summed E-state index contributed by atoms with van der Waals surface area (Å²) in [5.74, 6) is 1.72. The number of fused-ring (bicyclic) bond motifs is 1. The third kappa shape index (κ3) is 4.95. The number of rotatable bonds is 8. The van der Waals surface area contributed by atoms with E-state index in [-0.39, 0.29) is 36.8 Å². The quantitative estimate of drug-likeness (QED) is 0.526. The van der Waals surface area contributed by atoms with Gasteiger partial charge in [-0.05, 0) is 42.5 Å². The van der Waals surface area contributed by atoms with Crippen LogP contribution < -0.4 is 20.1 Å². The molecule has 1 aromatic heterocycles. The summed E-state index contributed by atoms with van der Waals surface area (Å²) >= 11 is 0. The van der Waals surface area contributed by atoms with Gasteiger partial charge in [-0.2, -0.15) is 0 Å². The number of nitrogens with one attached hydrogen (secondary N) is 2. The molecule has 2 saturated heterocycles. The van der Waals surface area contributed by atoms with Crippen LogP contribution in [0.1, 0.15) is 0 Å². The zero-order valence-corrected chi connectivity index (χ0v) is 18.7. The summed E-state index contributed by atoms with van der Waals surface area (Å²) < 4.78 is 22.7. The van der Waals surface area contributed by atoms with Gasteiger partial charge in [0.15, 0.2) is 6.61 Å². The zero-order valence-electron chi connectivity index (χ0n) is 18.7. The molecule has 34 heavy (non-hydrogen) atoms. The molecule has 2 N–H and O–H groups in total. The summed E-state index contributed by atoms with van der Waals surface area (Å²) in [6, 6.07) is 18.4. The smallest absolute Gasteiger partial charge is 0.258 e. The van der Waals surface area contributed by atoms with Crippen LogP contribution in [0.15, 0.2) is 66.9 Å². The molecule has 3 heterocycles. The van der Waals surface area contributed by atoms with Crippen molar-refractivity contribution in [2.24, 2.45) is 0 Å². The van der Waals surface area contributed by atoms with Gasteiger partial charge in [0.1, 0.15) is 23.7 Å². The molecule has 3 aromatic rings. The highest BCUT2D eigenvalue weighted by molar-refractivity contribution is 5.78. The highest BCUT2D eigenvalue weighted by atomic mass is 16.6. The van der Waals surface area contributed by atoms with E-state index in [1.54, 1.807) is 13.3 Å². The van der Waals surface area contributed by atoms with Crippen LogP contribution in [-0.2, 0) is 14.3 Å². The average molecular weight is 463 g/mol. The number of hydrogen-bond acceptors (Lipinski definition) is 8. The predicted octanol–water partition coefficient (Wildman–Crippen LogP) is 2.29. The summed E-state index contributed by atoms with van der Waals surface area (Å²) in [7, 11) is 1.64. The van der Waals surface area contributed by atoms with E-state index in [9.17, 15) is 4.79 Å². The van der Waals surface area contributed by atoms with Gasteiger partial charge in [0, 0.05) is 11.8 Å². The average Bonchev–Trinajstić information content (AvgIpc) is 3.47. The molecule has 2 aromatic carbocycles. The normalized spacial score (nSPS) is 23.2. The summed E-state index contributed by atoms with van der Waals surface area (Å²) in [4.78, 5) is 21.3. The molecule has 0 unspecified atom stereocenters. The highest BCUT2D eigenvalue weighted by Gasteiger charge is 2.48. The van der Waals surface area contributed by atoms with Crippen LogP contribution >= 0.6 is 0 Å². The van der Waals surface area contributed by atoms with Gasteiger partial charge in [-0.15, -0.1) is 0 Å². The second-order valence-corrected chi connectivity index (χ2v) is 8.12. The SMILES string of the molecule is COc1ccc(-c2ccnc(N[C@H]3CO[C@H]4[C@@H]3OC[C@@H]4NC(=O)COc3ccccc3)n2)cc1. The first-order chi connectivity index (χ1) is 16.7. The highest BCUT2D eigenvalue weighted by Crippen LogP contribution is 2.29. The van der Waals surface area contributed by atoms with Crippen LogP contribution in [0.4, 0.5) is 5.95 Å². The van der Waals surface area contributed by atoms with Gasteiger partial charge >= 0.3 is 0 Å². The molecule has 2 fully saturated rings. The van der Waals surface area contributed by atoms with E-state index in [0.717, 1.165) is 17.0 Å². The van der Waals surface area contributed by atoms with Gasteiger partial charge in [-0.1, -0.05) is 18.2 Å².